The first-order valence-corrected chi connectivity index (χ1v) is 12.4. The number of anilines is 2. The summed E-state index contributed by atoms with van der Waals surface area (Å²) in [6, 6.07) is 11.9. The number of hydrogen-bond donors (Lipinski definition) is 1. The first kappa shape index (κ1) is 22.9. The highest BCUT2D eigenvalue weighted by Crippen LogP contribution is 2.44. The zero-order chi connectivity index (χ0) is 23.1. The van der Waals surface area contributed by atoms with Gasteiger partial charge in [0.1, 0.15) is 5.00 Å². The zero-order valence-electron chi connectivity index (χ0n) is 16.5. The average Bonchev–Trinajstić information content (AvgIpc) is 3.51. The van der Waals surface area contributed by atoms with Gasteiger partial charge >= 0.3 is 12.1 Å². The Morgan fingerprint density at radius 1 is 1.12 bits per heavy atom. The third-order valence-corrected chi connectivity index (χ3v) is 8.76. The summed E-state index contributed by atoms with van der Waals surface area (Å²) in [5, 5.41) is 3.21. The van der Waals surface area contributed by atoms with Crippen LogP contribution in [0.3, 0.4) is 0 Å². The molecule has 0 spiro atoms. The number of benzene rings is 2. The highest BCUT2D eigenvalue weighted by Gasteiger charge is 2.38. The van der Waals surface area contributed by atoms with Gasteiger partial charge in [0, 0.05) is 22.3 Å². The number of nitrogens with zero attached hydrogens (tertiary/aromatic N) is 1. The van der Waals surface area contributed by atoms with Gasteiger partial charge in [0.2, 0.25) is 0 Å². The van der Waals surface area contributed by atoms with Crippen molar-refractivity contribution < 1.29 is 26.4 Å². The summed E-state index contributed by atoms with van der Waals surface area (Å²) < 4.78 is 66.5. The summed E-state index contributed by atoms with van der Waals surface area (Å²) in [4.78, 5) is 11.0. The van der Waals surface area contributed by atoms with Gasteiger partial charge in [-0.25, -0.2) is 8.42 Å². The summed E-state index contributed by atoms with van der Waals surface area (Å²) in [5.74, 6) is -1.66. The summed E-state index contributed by atoms with van der Waals surface area (Å²) in [6.07, 6.45) is -2.24. The van der Waals surface area contributed by atoms with Crippen LogP contribution in [-0.4, -0.2) is 27.0 Å². The lowest BCUT2D eigenvalue weighted by molar-refractivity contribution is -0.167. The lowest BCUT2D eigenvalue weighted by Gasteiger charge is -2.23. The van der Waals surface area contributed by atoms with E-state index in [1.807, 2.05) is 24.3 Å². The van der Waals surface area contributed by atoms with E-state index in [1.54, 1.807) is 5.32 Å². The van der Waals surface area contributed by atoms with Gasteiger partial charge in [-0.1, -0.05) is 42.6 Å². The van der Waals surface area contributed by atoms with Crippen LogP contribution >= 0.6 is 22.9 Å². The van der Waals surface area contributed by atoms with Crippen molar-refractivity contribution in [3.8, 4) is 0 Å². The molecule has 1 heterocycles. The maximum Gasteiger partial charge on any atom is 0.471 e. The molecule has 0 aliphatic heterocycles. The van der Waals surface area contributed by atoms with Crippen LogP contribution in [0.2, 0.25) is 5.02 Å². The van der Waals surface area contributed by atoms with Crippen molar-refractivity contribution in [1.82, 2.24) is 0 Å². The molecule has 1 aromatic heterocycles. The van der Waals surface area contributed by atoms with Crippen molar-refractivity contribution in [3.63, 3.8) is 0 Å². The Morgan fingerprint density at radius 2 is 1.78 bits per heavy atom. The molecular formula is C21H18ClF3N2O3S2. The summed E-state index contributed by atoms with van der Waals surface area (Å²) >= 11 is 7.82. The van der Waals surface area contributed by atoms with Crippen LogP contribution in [0.5, 0.6) is 0 Å². The Bertz CT molecular complexity index is 1250. The van der Waals surface area contributed by atoms with Gasteiger partial charge in [-0.05, 0) is 42.7 Å². The minimum atomic E-state index is -5.04. The number of thiophene rings is 1. The van der Waals surface area contributed by atoms with Gasteiger partial charge in [0.25, 0.3) is 10.0 Å². The molecule has 5 nitrogen and oxygen atoms in total. The van der Waals surface area contributed by atoms with Gasteiger partial charge < -0.3 is 5.32 Å². The molecule has 0 unspecified atom stereocenters. The lowest BCUT2D eigenvalue weighted by atomic mass is 10.2. The van der Waals surface area contributed by atoms with Gasteiger partial charge in [0.05, 0.1) is 9.92 Å². The van der Waals surface area contributed by atoms with Crippen molar-refractivity contribution >= 4 is 59.6 Å². The standard InChI is InChI=1S/C21H18ClF3N2O3S2/c22-18-16-3-1-2-4-17(16)31-19(18)27(12-11-13-5-6-13)32(29,30)15-9-7-14(8-10-15)26-20(28)21(23,24)25/h1-4,7-10,13H,5-6,11-12H2,(H,26,28). The number of fused-ring (bicyclic) bond motifs is 1. The average molecular weight is 503 g/mol. The van der Waals surface area contributed by atoms with E-state index in [0.717, 1.165) is 35.1 Å². The van der Waals surface area contributed by atoms with Crippen LogP contribution in [0.25, 0.3) is 10.1 Å². The second-order valence-electron chi connectivity index (χ2n) is 7.50. The number of carbonyl (C=O) groups is 1. The predicted molar refractivity (Wildman–Crippen MR) is 120 cm³/mol. The van der Waals surface area contributed by atoms with Gasteiger partial charge in [0.15, 0.2) is 0 Å². The maximum absolute atomic E-state index is 13.5. The van der Waals surface area contributed by atoms with Crippen LogP contribution in [0.1, 0.15) is 19.3 Å². The van der Waals surface area contributed by atoms with Crippen molar-refractivity contribution in [2.75, 3.05) is 16.2 Å². The van der Waals surface area contributed by atoms with Crippen molar-refractivity contribution in [2.24, 2.45) is 5.92 Å². The molecule has 1 N–H and O–H groups in total. The molecule has 32 heavy (non-hydrogen) atoms. The normalized spacial score (nSPS) is 14.5. The van der Waals surface area contributed by atoms with E-state index in [0.29, 0.717) is 22.4 Å². The predicted octanol–water partition coefficient (Wildman–Crippen LogP) is 6.05. The highest BCUT2D eigenvalue weighted by atomic mass is 35.5. The number of rotatable bonds is 7. The quantitative estimate of drug-likeness (QED) is 0.427. The number of nitrogens with one attached hydrogen (secondary N) is 1. The molecular weight excluding hydrogens is 485 g/mol. The summed E-state index contributed by atoms with van der Waals surface area (Å²) in [6.45, 7) is 0.242. The van der Waals surface area contributed by atoms with E-state index in [9.17, 15) is 26.4 Å². The van der Waals surface area contributed by atoms with Gasteiger partial charge in [-0.15, -0.1) is 11.3 Å². The van der Waals surface area contributed by atoms with E-state index in [1.165, 1.54) is 27.8 Å². The fourth-order valence-electron chi connectivity index (χ4n) is 3.24. The van der Waals surface area contributed by atoms with E-state index < -0.39 is 22.1 Å². The zero-order valence-corrected chi connectivity index (χ0v) is 18.9. The SMILES string of the molecule is O=C(Nc1ccc(S(=O)(=O)N(CCC2CC2)c2sc3ccccc3c2Cl)cc1)C(F)(F)F. The van der Waals surface area contributed by atoms with E-state index in [4.69, 9.17) is 11.6 Å². The van der Waals surface area contributed by atoms with Gasteiger partial charge in [-0.2, -0.15) is 13.2 Å². The Kier molecular flexibility index (Phi) is 6.12. The highest BCUT2D eigenvalue weighted by molar-refractivity contribution is 7.93. The Labute approximate surface area is 191 Å². The van der Waals surface area contributed by atoms with Crippen LogP contribution in [0, 0.1) is 5.92 Å². The van der Waals surface area contributed by atoms with Crippen LogP contribution < -0.4 is 9.62 Å². The van der Waals surface area contributed by atoms with Gasteiger partial charge in [-0.3, -0.25) is 9.10 Å². The molecule has 1 aliphatic rings. The number of hydrogen-bond acceptors (Lipinski definition) is 4. The molecule has 11 heteroatoms. The number of sulfonamides is 1. The molecule has 1 saturated carbocycles. The van der Waals surface area contributed by atoms with E-state index >= 15 is 0 Å². The molecule has 1 aliphatic carbocycles. The molecule has 1 fully saturated rings. The largest absolute Gasteiger partial charge is 0.471 e. The van der Waals surface area contributed by atoms with Crippen molar-refractivity contribution in [3.05, 3.63) is 53.6 Å². The van der Waals surface area contributed by atoms with Crippen LogP contribution in [-0.2, 0) is 14.8 Å². The minimum Gasteiger partial charge on any atom is -0.318 e. The molecule has 0 radical (unpaired) electrons. The number of amides is 1. The van der Waals surface area contributed by atoms with E-state index in [-0.39, 0.29) is 17.1 Å². The van der Waals surface area contributed by atoms with Crippen molar-refractivity contribution in [2.45, 2.75) is 30.3 Å². The lowest BCUT2D eigenvalue weighted by Crippen LogP contribution is -2.32. The number of carbonyl (C=O) groups excluding carboxylic acids is 1. The molecule has 3 aromatic rings. The second-order valence-corrected chi connectivity index (χ2v) is 10.8. The Hall–Kier alpha value is -2.30. The second kappa shape index (κ2) is 8.57. The Morgan fingerprint density at radius 3 is 2.38 bits per heavy atom. The number of alkyl halides is 3. The fraction of sp³-hybridized carbons (Fsp3) is 0.286. The van der Waals surface area contributed by atoms with Crippen LogP contribution in [0.15, 0.2) is 53.4 Å². The first-order chi connectivity index (χ1) is 15.1. The third kappa shape index (κ3) is 4.72. The van der Waals surface area contributed by atoms with Crippen LogP contribution in [0.4, 0.5) is 23.9 Å². The number of halogens is 4. The molecule has 0 saturated heterocycles. The summed E-state index contributed by atoms with van der Waals surface area (Å²) in [5.41, 5.74) is -0.157. The molecule has 1 amide bonds. The van der Waals surface area contributed by atoms with Crippen molar-refractivity contribution in [1.29, 1.82) is 0 Å². The summed E-state index contributed by atoms with van der Waals surface area (Å²) in [7, 11) is -4.04. The minimum absolute atomic E-state index is 0.105. The molecule has 170 valence electrons. The molecule has 0 atom stereocenters. The topological polar surface area (TPSA) is 66.5 Å². The molecule has 0 bridgehead atoms. The molecule has 2 aromatic carbocycles. The smallest absolute Gasteiger partial charge is 0.318 e. The first-order valence-electron chi connectivity index (χ1n) is 9.75. The Balaban J connectivity index is 1.67. The monoisotopic (exact) mass is 502 g/mol. The van der Waals surface area contributed by atoms with E-state index in [2.05, 4.69) is 0 Å². The third-order valence-electron chi connectivity index (χ3n) is 5.14. The molecule has 4 rings (SSSR count). The maximum atomic E-state index is 13.5. The fourth-order valence-corrected chi connectivity index (χ4v) is 6.55.